The zero-order valence-electron chi connectivity index (χ0n) is 10.9. The molecule has 0 spiro atoms. The van der Waals surface area contributed by atoms with E-state index < -0.39 is 0 Å². The second-order valence-corrected chi connectivity index (χ2v) is 5.89. The number of halogens is 1. The lowest BCUT2D eigenvalue weighted by Crippen LogP contribution is -2.27. The van der Waals surface area contributed by atoms with Crippen molar-refractivity contribution < 1.29 is 9.47 Å². The Hall–Kier alpha value is -0.540. The molecular weight excluding hydrogens is 292 g/mol. The molecule has 0 aromatic heterocycles. The van der Waals surface area contributed by atoms with Crippen molar-refractivity contribution in [3.8, 4) is 5.75 Å². The van der Waals surface area contributed by atoms with Gasteiger partial charge in [0.05, 0.1) is 12.7 Å². The number of ether oxygens (including phenoxy) is 2. The molecule has 0 amide bonds. The maximum absolute atomic E-state index is 5.91. The molecule has 1 fully saturated rings. The Bertz CT molecular complexity index is 367. The summed E-state index contributed by atoms with van der Waals surface area (Å²) >= 11 is 3.43. The molecule has 2 unspecified atom stereocenters. The van der Waals surface area contributed by atoms with E-state index in [9.17, 15) is 0 Å². The zero-order chi connectivity index (χ0) is 12.8. The van der Waals surface area contributed by atoms with Crippen LogP contribution in [-0.2, 0) is 4.74 Å². The van der Waals surface area contributed by atoms with Crippen LogP contribution in [0.2, 0.25) is 0 Å². The van der Waals surface area contributed by atoms with Crippen molar-refractivity contribution in [2.24, 2.45) is 5.92 Å². The Balaban J connectivity index is 1.66. The smallest absolute Gasteiger partial charge is 0.120 e. The van der Waals surface area contributed by atoms with Gasteiger partial charge < -0.3 is 9.47 Å². The lowest BCUT2D eigenvalue weighted by atomic mass is 9.88. The van der Waals surface area contributed by atoms with Crippen LogP contribution in [0.3, 0.4) is 0 Å². The van der Waals surface area contributed by atoms with E-state index in [0.29, 0.717) is 25.2 Å². The molecule has 0 radical (unpaired) electrons. The molecule has 2 atom stereocenters. The predicted octanol–water partition coefficient (Wildman–Crippen LogP) is 4.42. The van der Waals surface area contributed by atoms with Crippen molar-refractivity contribution >= 4 is 15.9 Å². The third-order valence-corrected chi connectivity index (χ3v) is 4.01. The number of benzene rings is 1. The standard InChI is InChI=1S/C15H21BrO2/c1-12-5-2-3-8-15(12)18-10-9-17-14-7-4-6-13(16)11-14/h4,6-7,11-12,15H,2-3,5,8-10H2,1H3. The monoisotopic (exact) mass is 312 g/mol. The lowest BCUT2D eigenvalue weighted by Gasteiger charge is -2.28. The van der Waals surface area contributed by atoms with E-state index in [1.165, 1.54) is 25.7 Å². The highest BCUT2D eigenvalue weighted by Gasteiger charge is 2.21. The van der Waals surface area contributed by atoms with E-state index in [2.05, 4.69) is 22.9 Å². The van der Waals surface area contributed by atoms with Crippen LogP contribution in [-0.4, -0.2) is 19.3 Å². The number of hydrogen-bond acceptors (Lipinski definition) is 2. The van der Waals surface area contributed by atoms with Crippen LogP contribution in [0.5, 0.6) is 5.75 Å². The first kappa shape index (κ1) is 13.9. The highest BCUT2D eigenvalue weighted by atomic mass is 79.9. The number of hydrogen-bond donors (Lipinski definition) is 0. The molecule has 0 N–H and O–H groups in total. The molecule has 0 bridgehead atoms. The molecule has 0 saturated heterocycles. The fourth-order valence-electron chi connectivity index (χ4n) is 2.45. The van der Waals surface area contributed by atoms with Crippen LogP contribution in [0.1, 0.15) is 32.6 Å². The van der Waals surface area contributed by atoms with Gasteiger partial charge in [0.25, 0.3) is 0 Å². The third-order valence-electron chi connectivity index (χ3n) is 3.51. The van der Waals surface area contributed by atoms with Crippen molar-refractivity contribution in [3.63, 3.8) is 0 Å². The van der Waals surface area contributed by atoms with E-state index in [1.54, 1.807) is 0 Å². The van der Waals surface area contributed by atoms with Crippen LogP contribution < -0.4 is 4.74 Å². The highest BCUT2D eigenvalue weighted by molar-refractivity contribution is 9.10. The molecule has 1 aromatic carbocycles. The summed E-state index contributed by atoms with van der Waals surface area (Å²) in [6, 6.07) is 7.91. The zero-order valence-corrected chi connectivity index (χ0v) is 12.5. The summed E-state index contributed by atoms with van der Waals surface area (Å²) in [6.07, 6.45) is 5.61. The lowest BCUT2D eigenvalue weighted by molar-refractivity contribution is -0.0165. The Morgan fingerprint density at radius 1 is 1.22 bits per heavy atom. The van der Waals surface area contributed by atoms with Crippen molar-refractivity contribution in [1.82, 2.24) is 0 Å². The predicted molar refractivity (Wildman–Crippen MR) is 77.0 cm³/mol. The van der Waals surface area contributed by atoms with E-state index >= 15 is 0 Å². The molecule has 2 rings (SSSR count). The van der Waals surface area contributed by atoms with Gasteiger partial charge in [-0.05, 0) is 37.0 Å². The van der Waals surface area contributed by atoms with Gasteiger partial charge in [-0.15, -0.1) is 0 Å². The van der Waals surface area contributed by atoms with Gasteiger partial charge in [-0.1, -0.05) is 41.8 Å². The molecule has 3 heteroatoms. The van der Waals surface area contributed by atoms with Gasteiger partial charge in [0.2, 0.25) is 0 Å². The van der Waals surface area contributed by atoms with E-state index in [1.807, 2.05) is 24.3 Å². The van der Waals surface area contributed by atoms with Gasteiger partial charge in [0, 0.05) is 4.47 Å². The summed E-state index contributed by atoms with van der Waals surface area (Å²) in [5.74, 6) is 1.59. The van der Waals surface area contributed by atoms with Crippen LogP contribution in [0.4, 0.5) is 0 Å². The summed E-state index contributed by atoms with van der Waals surface area (Å²) in [5, 5.41) is 0. The summed E-state index contributed by atoms with van der Waals surface area (Å²) in [6.45, 7) is 3.60. The molecule has 1 aromatic rings. The molecular formula is C15H21BrO2. The largest absolute Gasteiger partial charge is 0.491 e. The molecule has 0 aliphatic heterocycles. The van der Waals surface area contributed by atoms with Crippen LogP contribution in [0.25, 0.3) is 0 Å². The summed E-state index contributed by atoms with van der Waals surface area (Å²) < 4.78 is 12.6. The van der Waals surface area contributed by atoms with Gasteiger partial charge in [0.15, 0.2) is 0 Å². The quantitative estimate of drug-likeness (QED) is 0.749. The number of rotatable bonds is 5. The summed E-state index contributed by atoms with van der Waals surface area (Å²) in [7, 11) is 0. The SMILES string of the molecule is CC1CCCCC1OCCOc1cccc(Br)c1. The maximum Gasteiger partial charge on any atom is 0.120 e. The minimum absolute atomic E-state index is 0.435. The first-order chi connectivity index (χ1) is 8.75. The van der Waals surface area contributed by atoms with E-state index in [0.717, 1.165) is 10.2 Å². The van der Waals surface area contributed by atoms with Gasteiger partial charge in [0.1, 0.15) is 12.4 Å². The third kappa shape index (κ3) is 4.29. The van der Waals surface area contributed by atoms with Crippen LogP contribution >= 0.6 is 15.9 Å². The Kier molecular flexibility index (Phi) is 5.51. The normalized spacial score (nSPS) is 23.9. The fraction of sp³-hybridized carbons (Fsp3) is 0.600. The molecule has 1 saturated carbocycles. The average molecular weight is 313 g/mol. The Morgan fingerprint density at radius 3 is 2.83 bits per heavy atom. The molecule has 2 nitrogen and oxygen atoms in total. The van der Waals surface area contributed by atoms with E-state index in [-0.39, 0.29) is 0 Å². The van der Waals surface area contributed by atoms with Crippen molar-refractivity contribution in [2.75, 3.05) is 13.2 Å². The second-order valence-electron chi connectivity index (χ2n) is 4.98. The Morgan fingerprint density at radius 2 is 2.06 bits per heavy atom. The second kappa shape index (κ2) is 7.15. The molecule has 1 aliphatic carbocycles. The maximum atomic E-state index is 5.91. The first-order valence-corrected chi connectivity index (χ1v) is 7.55. The van der Waals surface area contributed by atoms with Gasteiger partial charge in [-0.3, -0.25) is 0 Å². The molecule has 1 aliphatic rings. The topological polar surface area (TPSA) is 18.5 Å². The van der Waals surface area contributed by atoms with Crippen LogP contribution in [0.15, 0.2) is 28.7 Å². The molecule has 18 heavy (non-hydrogen) atoms. The summed E-state index contributed by atoms with van der Waals surface area (Å²) in [4.78, 5) is 0. The molecule has 0 heterocycles. The van der Waals surface area contributed by atoms with Crippen molar-refractivity contribution in [2.45, 2.75) is 38.7 Å². The van der Waals surface area contributed by atoms with Gasteiger partial charge in [-0.2, -0.15) is 0 Å². The minimum atomic E-state index is 0.435. The average Bonchev–Trinajstić information content (AvgIpc) is 2.37. The Labute approximate surface area is 118 Å². The van der Waals surface area contributed by atoms with Gasteiger partial charge >= 0.3 is 0 Å². The molecule has 100 valence electrons. The van der Waals surface area contributed by atoms with E-state index in [4.69, 9.17) is 9.47 Å². The highest BCUT2D eigenvalue weighted by Crippen LogP contribution is 2.26. The van der Waals surface area contributed by atoms with Crippen LogP contribution in [0, 0.1) is 5.92 Å². The van der Waals surface area contributed by atoms with Crippen molar-refractivity contribution in [1.29, 1.82) is 0 Å². The fourth-order valence-corrected chi connectivity index (χ4v) is 2.82. The first-order valence-electron chi connectivity index (χ1n) is 6.75. The van der Waals surface area contributed by atoms with Crippen molar-refractivity contribution in [3.05, 3.63) is 28.7 Å². The minimum Gasteiger partial charge on any atom is -0.491 e. The van der Waals surface area contributed by atoms with Gasteiger partial charge in [-0.25, -0.2) is 0 Å². The summed E-state index contributed by atoms with van der Waals surface area (Å²) in [5.41, 5.74) is 0.